The fourth-order valence-corrected chi connectivity index (χ4v) is 3.89. The molecular weight excluding hydrogens is 350 g/mol. The molecule has 0 bridgehead atoms. The normalized spacial score (nSPS) is 14.5. The van der Waals surface area contributed by atoms with Gasteiger partial charge in [-0.15, -0.1) is 0 Å². The second kappa shape index (κ2) is 8.38. The minimum absolute atomic E-state index is 0.336. The number of benzene rings is 2. The molecule has 2 aliphatic rings. The lowest BCUT2D eigenvalue weighted by Gasteiger charge is -2.14. The minimum atomic E-state index is 0.336. The van der Waals surface area contributed by atoms with Crippen LogP contribution < -0.4 is 20.1 Å². The van der Waals surface area contributed by atoms with Gasteiger partial charge in [0.25, 0.3) is 0 Å². The topological polar surface area (TPSA) is 55.4 Å². The second-order valence-electron chi connectivity index (χ2n) is 7.06. The van der Waals surface area contributed by atoms with Crippen molar-refractivity contribution < 1.29 is 9.47 Å². The average Bonchev–Trinajstić information content (AvgIpc) is 3.09. The van der Waals surface area contributed by atoms with Gasteiger partial charge < -0.3 is 20.1 Å². The predicted molar refractivity (Wildman–Crippen MR) is 115 cm³/mol. The number of aromatic nitrogens is 1. The molecule has 0 unspecified atom stereocenters. The highest BCUT2D eigenvalue weighted by atomic mass is 16.7. The first-order valence-corrected chi connectivity index (χ1v) is 9.96. The lowest BCUT2D eigenvalue weighted by molar-refractivity contribution is 0.174. The maximum absolute atomic E-state index is 5.18. The van der Waals surface area contributed by atoms with Crippen molar-refractivity contribution in [1.82, 2.24) is 4.98 Å². The lowest BCUT2D eigenvalue weighted by atomic mass is 10.0. The van der Waals surface area contributed by atoms with Crippen LogP contribution in [0.4, 0.5) is 11.4 Å². The van der Waals surface area contributed by atoms with Crippen molar-refractivity contribution in [1.29, 1.82) is 0 Å². The van der Waals surface area contributed by atoms with Crippen LogP contribution in [-0.2, 0) is 12.8 Å². The molecule has 3 aromatic rings. The maximum Gasteiger partial charge on any atom is 0.231 e. The highest BCUT2D eigenvalue weighted by Gasteiger charge is 2.16. The van der Waals surface area contributed by atoms with Crippen molar-refractivity contribution in [3.8, 4) is 11.5 Å². The van der Waals surface area contributed by atoms with Gasteiger partial charge in [0.1, 0.15) is 0 Å². The van der Waals surface area contributed by atoms with Gasteiger partial charge in [-0.05, 0) is 49.4 Å². The van der Waals surface area contributed by atoms with Crippen LogP contribution in [0.1, 0.15) is 30.5 Å². The van der Waals surface area contributed by atoms with E-state index in [1.165, 1.54) is 48.0 Å². The Morgan fingerprint density at radius 1 is 0.857 bits per heavy atom. The number of rotatable bonds is 2. The molecule has 0 spiro atoms. The summed E-state index contributed by atoms with van der Waals surface area (Å²) in [5.41, 5.74) is 6.22. The molecule has 5 nitrogen and oxygen atoms in total. The quantitative estimate of drug-likeness (QED) is 0.615. The fourth-order valence-electron chi connectivity index (χ4n) is 3.89. The Balaban J connectivity index is 0.000000151. The van der Waals surface area contributed by atoms with Crippen molar-refractivity contribution in [2.75, 3.05) is 31.5 Å². The molecule has 0 fully saturated rings. The molecule has 0 saturated heterocycles. The summed E-state index contributed by atoms with van der Waals surface area (Å²) in [6.07, 6.45) is 6.21. The molecular formula is C23H27N3O2. The number of nitrogens with one attached hydrogen (secondary N) is 2. The van der Waals surface area contributed by atoms with E-state index in [9.17, 15) is 0 Å². The fraction of sp³-hybridized carbons (Fsp3) is 0.348. The predicted octanol–water partition coefficient (Wildman–Crippen LogP) is 5.00. The van der Waals surface area contributed by atoms with E-state index in [0.29, 0.717) is 6.79 Å². The van der Waals surface area contributed by atoms with Crippen molar-refractivity contribution >= 4 is 22.3 Å². The summed E-state index contributed by atoms with van der Waals surface area (Å²) in [5.74, 6) is 1.64. The number of anilines is 2. The number of pyridine rings is 1. The SMILES string of the molecule is CNc1c2c(nc3ccccc13)CCCCC2.CNc1ccc2c(c1)OCO2. The van der Waals surface area contributed by atoms with Gasteiger partial charge in [-0.25, -0.2) is 0 Å². The smallest absolute Gasteiger partial charge is 0.231 e. The molecule has 0 radical (unpaired) electrons. The van der Waals surface area contributed by atoms with Gasteiger partial charge in [0.2, 0.25) is 6.79 Å². The number of aryl methyl sites for hydroxylation is 1. The Morgan fingerprint density at radius 3 is 2.54 bits per heavy atom. The molecule has 1 aliphatic carbocycles. The van der Waals surface area contributed by atoms with Crippen molar-refractivity contribution in [2.24, 2.45) is 0 Å². The van der Waals surface area contributed by atoms with Crippen LogP contribution in [0.2, 0.25) is 0 Å². The van der Waals surface area contributed by atoms with Gasteiger partial charge in [0.05, 0.1) is 5.52 Å². The van der Waals surface area contributed by atoms with E-state index in [2.05, 4.69) is 34.9 Å². The lowest BCUT2D eigenvalue weighted by Crippen LogP contribution is -2.03. The highest BCUT2D eigenvalue weighted by Crippen LogP contribution is 2.34. The maximum atomic E-state index is 5.18. The molecule has 2 heterocycles. The zero-order valence-electron chi connectivity index (χ0n) is 16.5. The van der Waals surface area contributed by atoms with Crippen LogP contribution in [0.15, 0.2) is 42.5 Å². The Kier molecular flexibility index (Phi) is 5.51. The van der Waals surface area contributed by atoms with Crippen molar-refractivity contribution in [3.05, 3.63) is 53.7 Å². The number of fused-ring (bicyclic) bond motifs is 3. The highest BCUT2D eigenvalue weighted by molar-refractivity contribution is 5.93. The van der Waals surface area contributed by atoms with Crippen LogP contribution in [0.5, 0.6) is 11.5 Å². The Labute approximate surface area is 166 Å². The molecule has 1 aliphatic heterocycles. The van der Waals surface area contributed by atoms with E-state index in [0.717, 1.165) is 29.1 Å². The van der Waals surface area contributed by atoms with Crippen molar-refractivity contribution in [2.45, 2.75) is 32.1 Å². The minimum Gasteiger partial charge on any atom is -0.454 e. The first-order chi connectivity index (χ1) is 13.8. The molecule has 146 valence electrons. The molecule has 28 heavy (non-hydrogen) atoms. The third kappa shape index (κ3) is 3.70. The summed E-state index contributed by atoms with van der Waals surface area (Å²) in [5, 5.41) is 7.67. The standard InChI is InChI=1S/C15H18N2.C8H9NO2/c1-16-15-11-7-3-2-4-9-13(11)17-14-10-6-5-8-12(14)15;1-9-6-2-3-7-8(4-6)11-5-10-7/h5-6,8,10H,2-4,7,9H2,1H3,(H,16,17);2-4,9H,5H2,1H3. The molecule has 5 heteroatoms. The van der Waals surface area contributed by atoms with Gasteiger partial charge in [0, 0.05) is 42.6 Å². The summed E-state index contributed by atoms with van der Waals surface area (Å²) in [7, 11) is 3.89. The number of nitrogens with zero attached hydrogens (tertiary/aromatic N) is 1. The summed E-state index contributed by atoms with van der Waals surface area (Å²) in [6, 6.07) is 14.2. The van der Waals surface area contributed by atoms with E-state index < -0.39 is 0 Å². The van der Waals surface area contributed by atoms with Gasteiger partial charge >= 0.3 is 0 Å². The van der Waals surface area contributed by atoms with Crippen LogP contribution >= 0.6 is 0 Å². The number of ether oxygens (including phenoxy) is 2. The van der Waals surface area contributed by atoms with E-state index in [1.807, 2.05) is 32.3 Å². The van der Waals surface area contributed by atoms with Gasteiger partial charge in [0.15, 0.2) is 11.5 Å². The molecule has 5 rings (SSSR count). The number of hydrogen-bond acceptors (Lipinski definition) is 5. The number of para-hydroxylation sites is 1. The summed E-state index contributed by atoms with van der Waals surface area (Å²) < 4.78 is 10.3. The Morgan fingerprint density at radius 2 is 1.68 bits per heavy atom. The van der Waals surface area contributed by atoms with Crippen LogP contribution in [0.3, 0.4) is 0 Å². The van der Waals surface area contributed by atoms with Crippen LogP contribution in [-0.4, -0.2) is 25.9 Å². The first kappa shape index (κ1) is 18.4. The van der Waals surface area contributed by atoms with Gasteiger partial charge in [-0.1, -0.05) is 24.6 Å². The first-order valence-electron chi connectivity index (χ1n) is 9.96. The van der Waals surface area contributed by atoms with E-state index in [-0.39, 0.29) is 0 Å². The molecule has 0 atom stereocenters. The Hall–Kier alpha value is -2.95. The van der Waals surface area contributed by atoms with Crippen molar-refractivity contribution in [3.63, 3.8) is 0 Å². The average molecular weight is 377 g/mol. The molecule has 2 N–H and O–H groups in total. The summed E-state index contributed by atoms with van der Waals surface area (Å²) in [6.45, 7) is 0.336. The third-order valence-electron chi connectivity index (χ3n) is 5.33. The zero-order valence-corrected chi connectivity index (χ0v) is 16.5. The molecule has 2 aromatic carbocycles. The van der Waals surface area contributed by atoms with Gasteiger partial charge in [-0.2, -0.15) is 0 Å². The molecule has 0 saturated carbocycles. The second-order valence-corrected chi connectivity index (χ2v) is 7.06. The van der Waals surface area contributed by atoms with Crippen LogP contribution in [0, 0.1) is 0 Å². The summed E-state index contributed by atoms with van der Waals surface area (Å²) in [4.78, 5) is 4.84. The third-order valence-corrected chi connectivity index (χ3v) is 5.33. The Bertz CT molecular complexity index is 971. The molecule has 0 amide bonds. The monoisotopic (exact) mass is 377 g/mol. The van der Waals surface area contributed by atoms with E-state index in [4.69, 9.17) is 14.5 Å². The van der Waals surface area contributed by atoms with E-state index >= 15 is 0 Å². The molecule has 1 aromatic heterocycles. The van der Waals surface area contributed by atoms with E-state index in [1.54, 1.807) is 0 Å². The van der Waals surface area contributed by atoms with Gasteiger partial charge in [-0.3, -0.25) is 4.98 Å². The largest absolute Gasteiger partial charge is 0.454 e. The summed E-state index contributed by atoms with van der Waals surface area (Å²) >= 11 is 0. The zero-order chi connectivity index (χ0) is 19.3. The number of hydrogen-bond donors (Lipinski definition) is 2. The van der Waals surface area contributed by atoms with Crippen LogP contribution in [0.25, 0.3) is 10.9 Å².